The Balaban J connectivity index is 1.88. The lowest BCUT2D eigenvalue weighted by Crippen LogP contribution is -2.33. The van der Waals surface area contributed by atoms with Crippen LogP contribution in [0.4, 0.5) is 17.1 Å². The first kappa shape index (κ1) is 12.3. The van der Waals surface area contributed by atoms with Crippen LogP contribution in [-0.4, -0.2) is 19.0 Å². The quantitative estimate of drug-likeness (QED) is 0.802. The fourth-order valence-electron chi connectivity index (χ4n) is 3.25. The van der Waals surface area contributed by atoms with Crippen molar-refractivity contribution in [2.24, 2.45) is 0 Å². The van der Waals surface area contributed by atoms with E-state index < -0.39 is 0 Å². The normalized spacial score (nSPS) is 19.1. The van der Waals surface area contributed by atoms with Gasteiger partial charge in [0.2, 0.25) is 5.91 Å². The van der Waals surface area contributed by atoms with E-state index in [1.54, 1.807) is 0 Å². The fraction of sp³-hybridized carbons (Fsp3) is 0.533. The molecule has 0 spiro atoms. The number of fused-ring (bicyclic) bond motifs is 1. The number of carbonyl (C=O) groups is 1. The van der Waals surface area contributed by atoms with Crippen molar-refractivity contribution >= 4 is 23.0 Å². The first-order chi connectivity index (χ1) is 9.15. The molecule has 1 aliphatic carbocycles. The molecule has 3 N–H and O–H groups in total. The van der Waals surface area contributed by atoms with Crippen LogP contribution in [-0.2, 0) is 11.2 Å². The molecule has 4 nitrogen and oxygen atoms in total. The van der Waals surface area contributed by atoms with Crippen molar-refractivity contribution in [1.82, 2.24) is 0 Å². The smallest absolute Gasteiger partial charge is 0.228 e. The van der Waals surface area contributed by atoms with Gasteiger partial charge in [-0.05, 0) is 30.5 Å². The summed E-state index contributed by atoms with van der Waals surface area (Å²) in [6, 6.07) is 4.55. The zero-order valence-corrected chi connectivity index (χ0v) is 11.4. The number of nitrogens with two attached hydrogens (primary N) is 1. The predicted octanol–water partition coefficient (Wildman–Crippen LogP) is 2.53. The first-order valence-electron chi connectivity index (χ1n) is 7.10. The maximum Gasteiger partial charge on any atom is 0.228 e. The van der Waals surface area contributed by atoms with E-state index in [0.717, 1.165) is 22.6 Å². The van der Waals surface area contributed by atoms with E-state index in [4.69, 9.17) is 5.73 Å². The number of anilines is 3. The number of carbonyl (C=O) groups excluding carboxylic acids is 1. The SMILES string of the molecule is CN(c1cc2c(cc1N)CC(=O)N2)C1CCCCC1. The summed E-state index contributed by atoms with van der Waals surface area (Å²) in [5, 5.41) is 2.90. The maximum atomic E-state index is 11.4. The third-order valence-electron chi connectivity index (χ3n) is 4.38. The van der Waals surface area contributed by atoms with Gasteiger partial charge in [-0.3, -0.25) is 4.79 Å². The van der Waals surface area contributed by atoms with Crippen LogP contribution in [0.5, 0.6) is 0 Å². The summed E-state index contributed by atoms with van der Waals surface area (Å²) in [7, 11) is 2.12. The molecule has 0 bridgehead atoms. The van der Waals surface area contributed by atoms with Crippen LogP contribution in [0.3, 0.4) is 0 Å². The predicted molar refractivity (Wildman–Crippen MR) is 78.5 cm³/mol. The molecule has 102 valence electrons. The molecule has 0 aromatic heterocycles. The molecule has 4 heteroatoms. The Bertz CT molecular complexity index is 506. The monoisotopic (exact) mass is 259 g/mol. The Labute approximate surface area is 114 Å². The number of nitrogens with one attached hydrogen (secondary N) is 1. The Morgan fingerprint density at radius 3 is 2.74 bits per heavy atom. The summed E-state index contributed by atoms with van der Waals surface area (Å²) in [4.78, 5) is 13.7. The Morgan fingerprint density at radius 2 is 2.00 bits per heavy atom. The molecular formula is C15H21N3O. The molecule has 0 radical (unpaired) electrons. The van der Waals surface area contributed by atoms with Crippen LogP contribution < -0.4 is 16.0 Å². The van der Waals surface area contributed by atoms with Crippen molar-refractivity contribution in [2.75, 3.05) is 23.0 Å². The maximum absolute atomic E-state index is 11.4. The van der Waals surface area contributed by atoms with Crippen LogP contribution in [0.15, 0.2) is 12.1 Å². The summed E-state index contributed by atoms with van der Waals surface area (Å²) in [6.07, 6.45) is 6.87. The van der Waals surface area contributed by atoms with E-state index in [1.807, 2.05) is 12.1 Å². The fourth-order valence-corrected chi connectivity index (χ4v) is 3.25. The van der Waals surface area contributed by atoms with Gasteiger partial charge in [-0.25, -0.2) is 0 Å². The zero-order chi connectivity index (χ0) is 13.4. The van der Waals surface area contributed by atoms with Crippen molar-refractivity contribution in [1.29, 1.82) is 0 Å². The van der Waals surface area contributed by atoms with Crippen LogP contribution >= 0.6 is 0 Å². The van der Waals surface area contributed by atoms with Gasteiger partial charge in [-0.2, -0.15) is 0 Å². The van der Waals surface area contributed by atoms with Crippen molar-refractivity contribution in [3.05, 3.63) is 17.7 Å². The molecule has 1 aromatic carbocycles. The van der Waals surface area contributed by atoms with E-state index in [0.29, 0.717) is 12.5 Å². The van der Waals surface area contributed by atoms with Crippen molar-refractivity contribution < 1.29 is 4.79 Å². The van der Waals surface area contributed by atoms with Crippen molar-refractivity contribution in [3.63, 3.8) is 0 Å². The molecule has 1 saturated carbocycles. The highest BCUT2D eigenvalue weighted by Gasteiger charge is 2.24. The number of rotatable bonds is 2. The Hall–Kier alpha value is -1.71. The van der Waals surface area contributed by atoms with Gasteiger partial charge in [0.1, 0.15) is 0 Å². The molecule has 1 heterocycles. The van der Waals surface area contributed by atoms with E-state index in [1.165, 1.54) is 32.1 Å². The highest BCUT2D eigenvalue weighted by atomic mass is 16.1. The molecule has 19 heavy (non-hydrogen) atoms. The summed E-state index contributed by atoms with van der Waals surface area (Å²) in [5.41, 5.74) is 9.94. The number of amides is 1. The standard InChI is InChI=1S/C15H21N3O/c1-18(11-5-3-2-4-6-11)14-9-13-10(7-12(14)16)8-15(19)17-13/h7,9,11H,2-6,8,16H2,1H3,(H,17,19). The van der Waals surface area contributed by atoms with Gasteiger partial charge in [-0.15, -0.1) is 0 Å². The van der Waals surface area contributed by atoms with Crippen molar-refractivity contribution in [2.45, 2.75) is 44.6 Å². The minimum absolute atomic E-state index is 0.0619. The number of benzene rings is 1. The van der Waals surface area contributed by atoms with Crippen molar-refractivity contribution in [3.8, 4) is 0 Å². The third-order valence-corrected chi connectivity index (χ3v) is 4.38. The van der Waals surface area contributed by atoms with Gasteiger partial charge in [0.25, 0.3) is 0 Å². The number of hydrogen-bond acceptors (Lipinski definition) is 3. The lowest BCUT2D eigenvalue weighted by Gasteiger charge is -2.34. The lowest BCUT2D eigenvalue weighted by atomic mass is 9.94. The molecule has 0 unspecified atom stereocenters. The molecular weight excluding hydrogens is 238 g/mol. The minimum Gasteiger partial charge on any atom is -0.397 e. The second-order valence-electron chi connectivity index (χ2n) is 5.70. The number of nitrogens with zero attached hydrogens (tertiary/aromatic N) is 1. The van der Waals surface area contributed by atoms with Crippen LogP contribution in [0.25, 0.3) is 0 Å². The van der Waals surface area contributed by atoms with E-state index >= 15 is 0 Å². The highest BCUT2D eigenvalue weighted by molar-refractivity contribution is 6.00. The highest BCUT2D eigenvalue weighted by Crippen LogP contribution is 2.36. The van der Waals surface area contributed by atoms with Gasteiger partial charge in [0, 0.05) is 18.8 Å². The Kier molecular flexibility index (Phi) is 3.09. The molecule has 1 aliphatic heterocycles. The van der Waals surface area contributed by atoms with Gasteiger partial charge in [0.05, 0.1) is 17.8 Å². The van der Waals surface area contributed by atoms with Gasteiger partial charge >= 0.3 is 0 Å². The molecule has 0 saturated heterocycles. The summed E-state index contributed by atoms with van der Waals surface area (Å²) in [6.45, 7) is 0. The largest absolute Gasteiger partial charge is 0.397 e. The molecule has 0 atom stereocenters. The van der Waals surface area contributed by atoms with Gasteiger partial charge in [0.15, 0.2) is 0 Å². The summed E-state index contributed by atoms with van der Waals surface area (Å²) >= 11 is 0. The van der Waals surface area contributed by atoms with E-state index in [-0.39, 0.29) is 5.91 Å². The van der Waals surface area contributed by atoms with Crippen LogP contribution in [0, 0.1) is 0 Å². The zero-order valence-electron chi connectivity index (χ0n) is 11.4. The van der Waals surface area contributed by atoms with E-state index in [2.05, 4.69) is 17.3 Å². The topological polar surface area (TPSA) is 58.4 Å². The van der Waals surface area contributed by atoms with E-state index in [9.17, 15) is 4.79 Å². The minimum atomic E-state index is 0.0619. The van der Waals surface area contributed by atoms with Gasteiger partial charge < -0.3 is 16.0 Å². The average Bonchev–Trinajstić information content (AvgIpc) is 2.77. The average molecular weight is 259 g/mol. The number of hydrogen-bond donors (Lipinski definition) is 2. The second kappa shape index (κ2) is 4.76. The molecule has 1 amide bonds. The number of nitrogen functional groups attached to an aromatic ring is 1. The lowest BCUT2D eigenvalue weighted by molar-refractivity contribution is -0.115. The molecule has 3 rings (SSSR count). The Morgan fingerprint density at radius 1 is 1.26 bits per heavy atom. The third kappa shape index (κ3) is 2.27. The molecule has 1 aromatic rings. The second-order valence-corrected chi connectivity index (χ2v) is 5.70. The molecule has 1 fully saturated rings. The van der Waals surface area contributed by atoms with Crippen LogP contribution in [0.1, 0.15) is 37.7 Å². The van der Waals surface area contributed by atoms with Gasteiger partial charge in [-0.1, -0.05) is 19.3 Å². The summed E-state index contributed by atoms with van der Waals surface area (Å²) in [5.74, 6) is 0.0619. The van der Waals surface area contributed by atoms with Crippen LogP contribution in [0.2, 0.25) is 0 Å². The first-order valence-corrected chi connectivity index (χ1v) is 7.10. The molecule has 2 aliphatic rings. The summed E-state index contributed by atoms with van der Waals surface area (Å²) < 4.78 is 0.